The topological polar surface area (TPSA) is 55.4 Å². The van der Waals surface area contributed by atoms with E-state index in [1.807, 2.05) is 20.8 Å². The van der Waals surface area contributed by atoms with Crippen LogP contribution in [-0.4, -0.2) is 24.5 Å². The van der Waals surface area contributed by atoms with E-state index in [9.17, 15) is 9.59 Å². The fourth-order valence-corrected chi connectivity index (χ4v) is 1.18. The largest absolute Gasteiger partial charge is 0.464 e. The average molecular weight is 215 g/mol. The van der Waals surface area contributed by atoms with Gasteiger partial charge in [0.1, 0.15) is 6.04 Å². The van der Waals surface area contributed by atoms with Crippen LogP contribution in [0.4, 0.5) is 0 Å². The molecule has 0 saturated carbocycles. The highest BCUT2D eigenvalue weighted by molar-refractivity contribution is 5.83. The number of esters is 1. The van der Waals surface area contributed by atoms with Crippen molar-refractivity contribution in [3.05, 3.63) is 0 Å². The molecule has 0 fully saturated rings. The third kappa shape index (κ3) is 5.40. The molecule has 1 amide bonds. The van der Waals surface area contributed by atoms with Gasteiger partial charge in [-0.05, 0) is 12.3 Å². The van der Waals surface area contributed by atoms with Gasteiger partial charge in [0.2, 0.25) is 5.91 Å². The van der Waals surface area contributed by atoms with Crippen LogP contribution >= 0.6 is 0 Å². The highest BCUT2D eigenvalue weighted by atomic mass is 16.5. The maximum Gasteiger partial charge on any atom is 0.328 e. The molecule has 4 heteroatoms. The van der Waals surface area contributed by atoms with Gasteiger partial charge in [-0.2, -0.15) is 0 Å². The van der Waals surface area contributed by atoms with Crippen molar-refractivity contribution in [3.63, 3.8) is 0 Å². The molecule has 0 aliphatic rings. The second-order valence-corrected chi connectivity index (χ2v) is 3.73. The van der Waals surface area contributed by atoms with Crippen molar-refractivity contribution in [1.29, 1.82) is 0 Å². The number of carbonyl (C=O) groups is 2. The molecule has 15 heavy (non-hydrogen) atoms. The summed E-state index contributed by atoms with van der Waals surface area (Å²) in [5, 5.41) is 2.63. The molecule has 0 unspecified atom stereocenters. The number of nitrogens with one attached hydrogen (secondary N) is 1. The molecule has 0 aromatic rings. The second kappa shape index (κ2) is 7.26. The molecule has 0 saturated heterocycles. The summed E-state index contributed by atoms with van der Waals surface area (Å²) < 4.78 is 5.02. The highest BCUT2D eigenvalue weighted by Crippen LogP contribution is 2.09. The van der Waals surface area contributed by atoms with E-state index in [0.717, 1.165) is 12.8 Å². The smallest absolute Gasteiger partial charge is 0.328 e. The molecule has 0 spiro atoms. The SMILES string of the molecule is CCCOC(=O)[C@H](NC(C)=O)[C@H](C)CC. The van der Waals surface area contributed by atoms with Crippen LogP contribution in [0, 0.1) is 5.92 Å². The van der Waals surface area contributed by atoms with Crippen LogP contribution in [0.3, 0.4) is 0 Å². The minimum absolute atomic E-state index is 0.0956. The van der Waals surface area contributed by atoms with Crippen molar-refractivity contribution in [1.82, 2.24) is 5.32 Å². The Morgan fingerprint density at radius 2 is 1.93 bits per heavy atom. The van der Waals surface area contributed by atoms with E-state index < -0.39 is 6.04 Å². The molecule has 0 aromatic heterocycles. The van der Waals surface area contributed by atoms with Crippen LogP contribution in [0.2, 0.25) is 0 Å². The number of rotatable bonds is 6. The second-order valence-electron chi connectivity index (χ2n) is 3.73. The van der Waals surface area contributed by atoms with Crippen LogP contribution < -0.4 is 5.32 Å². The quantitative estimate of drug-likeness (QED) is 0.683. The van der Waals surface area contributed by atoms with Crippen LogP contribution in [0.15, 0.2) is 0 Å². The number of carbonyl (C=O) groups excluding carboxylic acids is 2. The standard InChI is InChI=1S/C11H21NO3/c1-5-7-15-11(14)10(8(3)6-2)12-9(4)13/h8,10H,5-7H2,1-4H3,(H,12,13)/t8-,10-/m1/s1. The number of hydrogen-bond acceptors (Lipinski definition) is 3. The van der Waals surface area contributed by atoms with Crippen LogP contribution in [0.1, 0.15) is 40.5 Å². The molecule has 1 N–H and O–H groups in total. The van der Waals surface area contributed by atoms with E-state index in [-0.39, 0.29) is 17.8 Å². The molecular formula is C11H21NO3. The zero-order valence-corrected chi connectivity index (χ0v) is 10.0. The molecule has 88 valence electrons. The van der Waals surface area contributed by atoms with Crippen molar-refractivity contribution in [2.45, 2.75) is 46.6 Å². The summed E-state index contributed by atoms with van der Waals surface area (Å²) in [4.78, 5) is 22.5. The predicted octanol–water partition coefficient (Wildman–Crippen LogP) is 1.49. The summed E-state index contributed by atoms with van der Waals surface area (Å²) in [6, 6.07) is -0.515. The van der Waals surface area contributed by atoms with E-state index >= 15 is 0 Å². The first-order valence-corrected chi connectivity index (χ1v) is 5.46. The zero-order valence-electron chi connectivity index (χ0n) is 10.0. The molecule has 0 aromatic carbocycles. The zero-order chi connectivity index (χ0) is 11.8. The van der Waals surface area contributed by atoms with Gasteiger partial charge < -0.3 is 10.1 Å². The van der Waals surface area contributed by atoms with E-state index in [2.05, 4.69) is 5.32 Å². The van der Waals surface area contributed by atoms with Gasteiger partial charge in [0.15, 0.2) is 0 Å². The van der Waals surface area contributed by atoms with Gasteiger partial charge in [0.05, 0.1) is 6.61 Å². The normalized spacial score (nSPS) is 14.1. The average Bonchev–Trinajstić information content (AvgIpc) is 2.21. The predicted molar refractivity (Wildman–Crippen MR) is 58.3 cm³/mol. The maximum absolute atomic E-state index is 11.6. The molecule has 4 nitrogen and oxygen atoms in total. The first kappa shape index (κ1) is 13.9. The summed E-state index contributed by atoms with van der Waals surface area (Å²) >= 11 is 0. The molecule has 0 aliphatic heterocycles. The minimum atomic E-state index is -0.515. The van der Waals surface area contributed by atoms with Crippen LogP contribution in [0.5, 0.6) is 0 Å². The first-order valence-electron chi connectivity index (χ1n) is 5.46. The molecule has 0 bridgehead atoms. The monoisotopic (exact) mass is 215 g/mol. The van der Waals surface area contributed by atoms with Gasteiger partial charge in [0.25, 0.3) is 0 Å². The Bertz CT molecular complexity index is 216. The van der Waals surface area contributed by atoms with Gasteiger partial charge in [-0.1, -0.05) is 27.2 Å². The van der Waals surface area contributed by atoms with Gasteiger partial charge in [-0.25, -0.2) is 4.79 Å². The Labute approximate surface area is 91.4 Å². The summed E-state index contributed by atoms with van der Waals surface area (Å²) in [5.74, 6) is -0.437. The van der Waals surface area contributed by atoms with E-state index in [1.54, 1.807) is 0 Å². The van der Waals surface area contributed by atoms with Gasteiger partial charge in [-0.15, -0.1) is 0 Å². The summed E-state index contributed by atoms with van der Waals surface area (Å²) in [5.41, 5.74) is 0. The van der Waals surface area contributed by atoms with Crippen molar-refractivity contribution < 1.29 is 14.3 Å². The molecule has 0 aliphatic carbocycles. The summed E-state index contributed by atoms with van der Waals surface area (Å²) in [6.45, 7) is 7.65. The minimum Gasteiger partial charge on any atom is -0.464 e. The fourth-order valence-electron chi connectivity index (χ4n) is 1.18. The van der Waals surface area contributed by atoms with Gasteiger partial charge >= 0.3 is 5.97 Å². The third-order valence-corrected chi connectivity index (χ3v) is 2.27. The Morgan fingerprint density at radius 1 is 1.33 bits per heavy atom. The highest BCUT2D eigenvalue weighted by Gasteiger charge is 2.25. The van der Waals surface area contributed by atoms with Crippen molar-refractivity contribution in [2.24, 2.45) is 5.92 Å². The van der Waals surface area contributed by atoms with Crippen LogP contribution in [0.25, 0.3) is 0 Å². The maximum atomic E-state index is 11.6. The van der Waals surface area contributed by atoms with E-state index in [1.165, 1.54) is 6.92 Å². The van der Waals surface area contributed by atoms with Crippen molar-refractivity contribution in [3.8, 4) is 0 Å². The first-order chi connectivity index (χ1) is 7.02. The lowest BCUT2D eigenvalue weighted by molar-refractivity contribution is -0.149. The van der Waals surface area contributed by atoms with Gasteiger partial charge in [-0.3, -0.25) is 4.79 Å². The van der Waals surface area contributed by atoms with Crippen molar-refractivity contribution in [2.75, 3.05) is 6.61 Å². The third-order valence-electron chi connectivity index (χ3n) is 2.27. The van der Waals surface area contributed by atoms with Gasteiger partial charge in [0, 0.05) is 6.92 Å². The van der Waals surface area contributed by atoms with E-state index in [4.69, 9.17) is 4.74 Å². The molecule has 0 rings (SSSR count). The summed E-state index contributed by atoms with van der Waals surface area (Å²) in [7, 11) is 0. The lowest BCUT2D eigenvalue weighted by Gasteiger charge is -2.21. The van der Waals surface area contributed by atoms with Crippen molar-refractivity contribution >= 4 is 11.9 Å². The molecular weight excluding hydrogens is 194 g/mol. The summed E-state index contributed by atoms with van der Waals surface area (Å²) in [6.07, 6.45) is 1.62. The number of ether oxygens (including phenoxy) is 1. The molecule has 2 atom stereocenters. The number of amides is 1. The Hall–Kier alpha value is -1.06. The van der Waals surface area contributed by atoms with E-state index in [0.29, 0.717) is 6.61 Å². The van der Waals surface area contributed by atoms with Crippen LogP contribution in [-0.2, 0) is 14.3 Å². The molecule has 0 radical (unpaired) electrons. The number of hydrogen-bond donors (Lipinski definition) is 1. The Balaban J connectivity index is 4.33. The Morgan fingerprint density at radius 3 is 2.33 bits per heavy atom. The molecule has 0 heterocycles. The lowest BCUT2D eigenvalue weighted by Crippen LogP contribution is -2.45. The lowest BCUT2D eigenvalue weighted by atomic mass is 9.99. The Kier molecular flexibility index (Phi) is 6.75. The fraction of sp³-hybridized carbons (Fsp3) is 0.818.